The Kier molecular flexibility index (Phi) is 5.75. The number of hydrogen-bond donors (Lipinski definition) is 0. The number of thioether (sulfide) groups is 1. The minimum absolute atomic E-state index is 0.109. The fraction of sp³-hybridized carbons (Fsp3) is 0.167. The molecular formula is C18H15N3O3S2. The van der Waals surface area contributed by atoms with Crippen molar-refractivity contribution in [2.75, 3.05) is 13.1 Å². The normalized spacial score (nSPS) is 14.6. The first-order valence-electron chi connectivity index (χ1n) is 7.89. The largest absolute Gasteiger partial charge is 0.337 e. The average Bonchev–Trinajstić information content (AvgIpc) is 3.11. The molecule has 0 saturated carbocycles. The SMILES string of the molecule is O=C(Sc1ccccc1)C(C1=NCCN1C(=S)c1ccccc1)[N+](=O)[O-]. The van der Waals surface area contributed by atoms with Crippen LogP contribution in [0.4, 0.5) is 0 Å². The lowest BCUT2D eigenvalue weighted by Gasteiger charge is -2.22. The number of nitrogens with zero attached hydrogens (tertiary/aromatic N) is 3. The van der Waals surface area contributed by atoms with E-state index in [0.29, 0.717) is 23.0 Å². The van der Waals surface area contributed by atoms with E-state index in [9.17, 15) is 14.9 Å². The van der Waals surface area contributed by atoms with Crippen LogP contribution >= 0.6 is 24.0 Å². The second-order valence-corrected chi connectivity index (χ2v) is 6.95. The molecule has 0 radical (unpaired) electrons. The van der Waals surface area contributed by atoms with E-state index >= 15 is 0 Å². The molecule has 8 heteroatoms. The number of rotatable bonds is 5. The molecule has 1 atom stereocenters. The van der Waals surface area contributed by atoms with Crippen molar-refractivity contribution in [3.05, 3.63) is 76.3 Å². The fourth-order valence-electron chi connectivity index (χ4n) is 2.59. The van der Waals surface area contributed by atoms with Crippen LogP contribution in [0.25, 0.3) is 0 Å². The van der Waals surface area contributed by atoms with E-state index < -0.39 is 16.1 Å². The molecule has 2 aromatic rings. The molecule has 2 aromatic carbocycles. The highest BCUT2D eigenvalue weighted by atomic mass is 32.2. The Balaban J connectivity index is 1.84. The number of thiocarbonyl (C=S) groups is 1. The molecule has 0 aromatic heterocycles. The van der Waals surface area contributed by atoms with Crippen LogP contribution in [0, 0.1) is 10.1 Å². The lowest BCUT2D eigenvalue weighted by atomic mass is 10.2. The molecule has 0 aliphatic carbocycles. The highest BCUT2D eigenvalue weighted by Gasteiger charge is 2.42. The van der Waals surface area contributed by atoms with Crippen LogP contribution in [-0.2, 0) is 4.79 Å². The Morgan fingerprint density at radius 1 is 1.15 bits per heavy atom. The molecule has 0 spiro atoms. The second-order valence-electron chi connectivity index (χ2n) is 5.48. The molecule has 6 nitrogen and oxygen atoms in total. The van der Waals surface area contributed by atoms with Crippen molar-refractivity contribution < 1.29 is 9.72 Å². The first kappa shape index (κ1) is 18.2. The maximum atomic E-state index is 12.6. The van der Waals surface area contributed by atoms with Crippen molar-refractivity contribution in [3.8, 4) is 0 Å². The molecule has 0 saturated heterocycles. The monoisotopic (exact) mass is 385 g/mol. The lowest BCUT2D eigenvalue weighted by Crippen LogP contribution is -2.46. The summed E-state index contributed by atoms with van der Waals surface area (Å²) in [6.45, 7) is 0.798. The minimum Gasteiger partial charge on any atom is -0.313 e. The zero-order valence-corrected chi connectivity index (χ0v) is 15.3. The molecule has 1 unspecified atom stereocenters. The van der Waals surface area contributed by atoms with E-state index in [1.54, 1.807) is 29.2 Å². The van der Waals surface area contributed by atoms with Gasteiger partial charge in [0.25, 0.3) is 5.12 Å². The minimum atomic E-state index is -1.55. The van der Waals surface area contributed by atoms with Gasteiger partial charge in [0.1, 0.15) is 4.99 Å². The third kappa shape index (κ3) is 3.97. The summed E-state index contributed by atoms with van der Waals surface area (Å²) in [5, 5.41) is 11.1. The third-order valence-corrected chi connectivity index (χ3v) is 5.17. The number of carbonyl (C=O) groups excluding carboxylic acids is 1. The van der Waals surface area contributed by atoms with Gasteiger partial charge in [-0.25, -0.2) is 0 Å². The van der Waals surface area contributed by atoms with Gasteiger partial charge in [0.15, 0.2) is 5.84 Å². The molecule has 0 amide bonds. The highest BCUT2D eigenvalue weighted by molar-refractivity contribution is 8.13. The summed E-state index contributed by atoms with van der Waals surface area (Å²) < 4.78 is 0. The fourth-order valence-corrected chi connectivity index (χ4v) is 3.74. The Morgan fingerprint density at radius 2 is 1.77 bits per heavy atom. The lowest BCUT2D eigenvalue weighted by molar-refractivity contribution is -0.488. The van der Waals surface area contributed by atoms with E-state index in [1.165, 1.54) is 0 Å². The first-order chi connectivity index (χ1) is 12.6. The van der Waals surface area contributed by atoms with Crippen molar-refractivity contribution in [2.45, 2.75) is 10.9 Å². The second kappa shape index (κ2) is 8.20. The smallest absolute Gasteiger partial charge is 0.313 e. The van der Waals surface area contributed by atoms with E-state index in [1.807, 2.05) is 36.4 Å². The predicted octanol–water partition coefficient (Wildman–Crippen LogP) is 3.04. The maximum Gasteiger partial charge on any atom is 0.337 e. The molecule has 1 aliphatic rings. The van der Waals surface area contributed by atoms with Crippen LogP contribution in [0.15, 0.2) is 70.6 Å². The van der Waals surface area contributed by atoms with Crippen LogP contribution in [0.1, 0.15) is 5.56 Å². The zero-order chi connectivity index (χ0) is 18.5. The Hall–Kier alpha value is -2.58. The van der Waals surface area contributed by atoms with Gasteiger partial charge in [0.05, 0.1) is 6.54 Å². The van der Waals surface area contributed by atoms with E-state index in [-0.39, 0.29) is 5.84 Å². The van der Waals surface area contributed by atoms with Crippen molar-refractivity contribution >= 4 is 39.9 Å². The van der Waals surface area contributed by atoms with Gasteiger partial charge in [-0.1, -0.05) is 60.7 Å². The topological polar surface area (TPSA) is 75.8 Å². The van der Waals surface area contributed by atoms with Gasteiger partial charge in [-0.2, -0.15) is 0 Å². The van der Waals surface area contributed by atoms with Gasteiger partial charge in [-0.15, -0.1) is 0 Å². The van der Waals surface area contributed by atoms with Gasteiger partial charge in [-0.3, -0.25) is 19.9 Å². The predicted molar refractivity (Wildman–Crippen MR) is 105 cm³/mol. The molecule has 1 aliphatic heterocycles. The molecular weight excluding hydrogens is 370 g/mol. The summed E-state index contributed by atoms with van der Waals surface area (Å²) in [4.78, 5) is 30.6. The number of amidine groups is 1. The summed E-state index contributed by atoms with van der Waals surface area (Å²) in [6, 6.07) is 16.5. The van der Waals surface area contributed by atoms with Crippen molar-refractivity contribution in [1.82, 2.24) is 4.90 Å². The molecule has 26 heavy (non-hydrogen) atoms. The van der Waals surface area contributed by atoms with Crippen LogP contribution in [0.2, 0.25) is 0 Å². The van der Waals surface area contributed by atoms with Crippen LogP contribution in [0.5, 0.6) is 0 Å². The number of carbonyl (C=O) groups is 1. The molecule has 0 N–H and O–H groups in total. The highest BCUT2D eigenvalue weighted by Crippen LogP contribution is 2.23. The van der Waals surface area contributed by atoms with E-state index in [0.717, 1.165) is 17.3 Å². The third-order valence-electron chi connectivity index (χ3n) is 3.78. The van der Waals surface area contributed by atoms with Crippen LogP contribution in [-0.4, -0.2) is 44.9 Å². The Bertz CT molecular complexity index is 856. The number of aliphatic imine (C=N–C) groups is 1. The first-order valence-corrected chi connectivity index (χ1v) is 9.12. The Labute approximate surface area is 160 Å². The van der Waals surface area contributed by atoms with Gasteiger partial charge in [0, 0.05) is 21.9 Å². The summed E-state index contributed by atoms with van der Waals surface area (Å²) >= 11 is 6.33. The quantitative estimate of drug-likeness (QED) is 0.341. The van der Waals surface area contributed by atoms with Gasteiger partial charge < -0.3 is 4.90 Å². The zero-order valence-electron chi connectivity index (χ0n) is 13.6. The van der Waals surface area contributed by atoms with Gasteiger partial charge >= 0.3 is 6.04 Å². The van der Waals surface area contributed by atoms with Crippen LogP contribution in [0.3, 0.4) is 0 Å². The molecule has 132 valence electrons. The molecule has 0 bridgehead atoms. The molecule has 1 heterocycles. The van der Waals surface area contributed by atoms with Gasteiger partial charge in [-0.05, 0) is 23.9 Å². The standard InChI is InChI=1S/C18H15N3O3S2/c22-18(26-14-9-5-2-6-10-14)15(21(23)24)16-19-11-12-20(16)17(25)13-7-3-1-4-8-13/h1-10,15H,11-12H2. The van der Waals surface area contributed by atoms with E-state index in [4.69, 9.17) is 12.2 Å². The number of nitro groups is 1. The van der Waals surface area contributed by atoms with Gasteiger partial charge in [0.2, 0.25) is 0 Å². The summed E-state index contributed by atoms with van der Waals surface area (Å²) in [5.41, 5.74) is 0.766. The average molecular weight is 385 g/mol. The number of hydrogen-bond acceptors (Lipinski definition) is 6. The Morgan fingerprint density at radius 3 is 2.38 bits per heavy atom. The van der Waals surface area contributed by atoms with Crippen molar-refractivity contribution in [2.24, 2.45) is 4.99 Å². The van der Waals surface area contributed by atoms with Crippen LogP contribution < -0.4 is 0 Å². The summed E-state index contributed by atoms with van der Waals surface area (Å²) in [5.74, 6) is 0.109. The summed E-state index contributed by atoms with van der Waals surface area (Å²) in [6.07, 6.45) is 0. The van der Waals surface area contributed by atoms with Crippen molar-refractivity contribution in [1.29, 1.82) is 0 Å². The van der Waals surface area contributed by atoms with Crippen molar-refractivity contribution in [3.63, 3.8) is 0 Å². The maximum absolute atomic E-state index is 12.6. The molecule has 0 fully saturated rings. The summed E-state index contributed by atoms with van der Waals surface area (Å²) in [7, 11) is 0. The van der Waals surface area contributed by atoms with E-state index in [2.05, 4.69) is 4.99 Å². The number of benzene rings is 2. The molecule has 3 rings (SSSR count).